The number of rotatable bonds is 5. The SMILES string of the molecule is CC1CCCC(n2cc(C(=O)NCc3ccc(F)cc3F)c(=O)c(O)c2C=O)CN1C. The van der Waals surface area contributed by atoms with Gasteiger partial charge in [0, 0.05) is 43.0 Å². The van der Waals surface area contributed by atoms with E-state index >= 15 is 0 Å². The summed E-state index contributed by atoms with van der Waals surface area (Å²) in [4.78, 5) is 38.9. The third kappa shape index (κ3) is 4.82. The van der Waals surface area contributed by atoms with Crippen LogP contribution in [0.5, 0.6) is 5.75 Å². The molecule has 0 bridgehead atoms. The largest absolute Gasteiger partial charge is 0.503 e. The first-order valence-corrected chi connectivity index (χ1v) is 10.1. The molecule has 9 heteroatoms. The number of aromatic nitrogens is 1. The summed E-state index contributed by atoms with van der Waals surface area (Å²) in [6.07, 6.45) is 4.23. The lowest BCUT2D eigenvalue weighted by molar-refractivity contribution is 0.0946. The van der Waals surface area contributed by atoms with Crippen molar-refractivity contribution in [1.29, 1.82) is 0 Å². The van der Waals surface area contributed by atoms with Crippen molar-refractivity contribution in [1.82, 2.24) is 14.8 Å². The molecule has 2 unspecified atom stereocenters. The topological polar surface area (TPSA) is 91.6 Å². The number of hydrogen-bond acceptors (Lipinski definition) is 5. The van der Waals surface area contributed by atoms with E-state index in [0.29, 0.717) is 31.4 Å². The normalized spacial score (nSPS) is 19.6. The van der Waals surface area contributed by atoms with E-state index in [-0.39, 0.29) is 29.4 Å². The lowest BCUT2D eigenvalue weighted by atomic mass is 10.1. The summed E-state index contributed by atoms with van der Waals surface area (Å²) in [6.45, 7) is 2.40. The summed E-state index contributed by atoms with van der Waals surface area (Å²) in [6, 6.07) is 3.07. The van der Waals surface area contributed by atoms with E-state index < -0.39 is 28.7 Å². The van der Waals surface area contributed by atoms with Crippen LogP contribution in [-0.4, -0.2) is 46.4 Å². The van der Waals surface area contributed by atoms with E-state index in [1.54, 1.807) is 0 Å². The first-order chi connectivity index (χ1) is 14.7. The Balaban J connectivity index is 1.92. The molecule has 1 aromatic heterocycles. The second-order valence-electron chi connectivity index (χ2n) is 7.92. The van der Waals surface area contributed by atoms with Gasteiger partial charge in [0.1, 0.15) is 22.9 Å². The Kier molecular flexibility index (Phi) is 6.84. The first kappa shape index (κ1) is 22.6. The van der Waals surface area contributed by atoms with Gasteiger partial charge in [-0.05, 0) is 39.3 Å². The van der Waals surface area contributed by atoms with Crippen LogP contribution in [0, 0.1) is 11.6 Å². The fourth-order valence-corrected chi connectivity index (χ4v) is 3.85. The number of likely N-dealkylation sites (N-methyl/N-ethyl adjacent to an activating group) is 1. The molecule has 2 heterocycles. The maximum Gasteiger partial charge on any atom is 0.257 e. The summed E-state index contributed by atoms with van der Waals surface area (Å²) in [7, 11) is 1.96. The van der Waals surface area contributed by atoms with Gasteiger partial charge in [0.05, 0.1) is 0 Å². The number of hydrogen-bond donors (Lipinski definition) is 2. The van der Waals surface area contributed by atoms with Gasteiger partial charge >= 0.3 is 0 Å². The van der Waals surface area contributed by atoms with Crippen molar-refractivity contribution in [2.45, 2.75) is 44.8 Å². The van der Waals surface area contributed by atoms with Gasteiger partial charge in [-0.1, -0.05) is 6.07 Å². The summed E-state index contributed by atoms with van der Waals surface area (Å²) < 4.78 is 28.3. The zero-order chi connectivity index (χ0) is 22.7. The molecule has 2 aromatic rings. The minimum Gasteiger partial charge on any atom is -0.503 e. The van der Waals surface area contributed by atoms with Crippen LogP contribution in [0.25, 0.3) is 0 Å². The van der Waals surface area contributed by atoms with Gasteiger partial charge < -0.3 is 19.9 Å². The fraction of sp³-hybridized carbons (Fsp3) is 0.409. The summed E-state index contributed by atoms with van der Waals surface area (Å²) >= 11 is 0. The van der Waals surface area contributed by atoms with Gasteiger partial charge in [0.25, 0.3) is 5.91 Å². The molecule has 0 saturated carbocycles. The molecule has 0 spiro atoms. The molecule has 1 aliphatic heterocycles. The Bertz CT molecular complexity index is 1050. The monoisotopic (exact) mass is 433 g/mol. The molecule has 1 fully saturated rings. The van der Waals surface area contributed by atoms with Crippen LogP contribution < -0.4 is 10.7 Å². The summed E-state index contributed by atoms with van der Waals surface area (Å²) in [5.41, 5.74) is -1.47. The molecular formula is C22H25F2N3O4. The van der Waals surface area contributed by atoms with Crippen molar-refractivity contribution in [2.24, 2.45) is 0 Å². The number of nitrogens with zero attached hydrogens (tertiary/aromatic N) is 2. The van der Waals surface area contributed by atoms with Crippen molar-refractivity contribution >= 4 is 12.2 Å². The van der Waals surface area contributed by atoms with Crippen LogP contribution in [-0.2, 0) is 6.54 Å². The fourth-order valence-electron chi connectivity index (χ4n) is 3.85. The Morgan fingerprint density at radius 1 is 1.32 bits per heavy atom. The third-order valence-corrected chi connectivity index (χ3v) is 5.86. The maximum absolute atomic E-state index is 13.8. The summed E-state index contributed by atoms with van der Waals surface area (Å²) in [5.74, 6) is -3.19. The van der Waals surface area contributed by atoms with E-state index in [9.17, 15) is 28.3 Å². The molecule has 0 aliphatic carbocycles. The Labute approximate surface area is 178 Å². The molecule has 1 amide bonds. The second-order valence-corrected chi connectivity index (χ2v) is 7.92. The Morgan fingerprint density at radius 3 is 2.74 bits per heavy atom. The molecule has 31 heavy (non-hydrogen) atoms. The second kappa shape index (κ2) is 9.38. The highest BCUT2D eigenvalue weighted by Crippen LogP contribution is 2.26. The number of carbonyl (C=O) groups is 2. The van der Waals surface area contributed by atoms with Crippen LogP contribution in [0.1, 0.15) is 58.6 Å². The molecule has 2 atom stereocenters. The van der Waals surface area contributed by atoms with Crippen LogP contribution in [0.3, 0.4) is 0 Å². The zero-order valence-electron chi connectivity index (χ0n) is 17.4. The molecule has 2 N–H and O–H groups in total. The van der Waals surface area contributed by atoms with Crippen molar-refractivity contribution in [3.8, 4) is 5.75 Å². The van der Waals surface area contributed by atoms with Crippen LogP contribution in [0.4, 0.5) is 8.78 Å². The number of benzene rings is 1. The van der Waals surface area contributed by atoms with Crippen LogP contribution in [0.2, 0.25) is 0 Å². The van der Waals surface area contributed by atoms with E-state index in [0.717, 1.165) is 18.9 Å². The Hall–Kier alpha value is -3.07. The van der Waals surface area contributed by atoms with E-state index in [1.165, 1.54) is 16.8 Å². The van der Waals surface area contributed by atoms with Gasteiger partial charge in [-0.25, -0.2) is 8.78 Å². The van der Waals surface area contributed by atoms with Crippen molar-refractivity contribution in [3.05, 3.63) is 63.1 Å². The molecule has 0 radical (unpaired) electrons. The highest BCUT2D eigenvalue weighted by atomic mass is 19.1. The predicted molar refractivity (Wildman–Crippen MR) is 110 cm³/mol. The molecule has 166 valence electrons. The van der Waals surface area contributed by atoms with Crippen molar-refractivity contribution in [2.75, 3.05) is 13.6 Å². The van der Waals surface area contributed by atoms with Gasteiger partial charge in [0.15, 0.2) is 12.0 Å². The van der Waals surface area contributed by atoms with E-state index in [2.05, 4.69) is 17.1 Å². The molecule has 1 saturated heterocycles. The van der Waals surface area contributed by atoms with Gasteiger partial charge in [-0.2, -0.15) is 0 Å². The van der Waals surface area contributed by atoms with Crippen molar-refractivity contribution < 1.29 is 23.5 Å². The number of aldehydes is 1. The smallest absolute Gasteiger partial charge is 0.257 e. The third-order valence-electron chi connectivity index (χ3n) is 5.86. The van der Waals surface area contributed by atoms with Crippen LogP contribution >= 0.6 is 0 Å². The zero-order valence-corrected chi connectivity index (χ0v) is 17.4. The first-order valence-electron chi connectivity index (χ1n) is 10.1. The number of amides is 1. The predicted octanol–water partition coefficient (Wildman–Crippen LogP) is 2.62. The molecule has 1 aromatic carbocycles. The minimum absolute atomic E-state index is 0.0446. The highest BCUT2D eigenvalue weighted by molar-refractivity contribution is 5.95. The van der Waals surface area contributed by atoms with E-state index in [1.807, 2.05) is 7.05 Å². The van der Waals surface area contributed by atoms with Crippen molar-refractivity contribution in [3.63, 3.8) is 0 Å². The Morgan fingerprint density at radius 2 is 2.06 bits per heavy atom. The standard InChI is InChI=1S/C22H25F2N3O4/c1-13-4-3-5-16(10-26(13)2)27-11-17(20(29)21(30)19(27)12-28)22(31)25-9-14-6-7-15(23)8-18(14)24/h6-8,11-13,16,30H,3-5,9-10H2,1-2H3,(H,25,31). The molecule has 7 nitrogen and oxygen atoms in total. The number of likely N-dealkylation sites (tertiary alicyclic amines) is 1. The average molecular weight is 433 g/mol. The van der Waals surface area contributed by atoms with Gasteiger partial charge in [0.2, 0.25) is 5.43 Å². The minimum atomic E-state index is -0.981. The number of aromatic hydroxyl groups is 1. The lowest BCUT2D eigenvalue weighted by Gasteiger charge is -2.27. The molecule has 1 aliphatic rings. The van der Waals surface area contributed by atoms with Crippen LogP contribution in [0.15, 0.2) is 29.2 Å². The number of halogens is 2. The summed E-state index contributed by atoms with van der Waals surface area (Å²) in [5, 5.41) is 12.7. The quantitative estimate of drug-likeness (QED) is 0.708. The van der Waals surface area contributed by atoms with Gasteiger partial charge in [-0.15, -0.1) is 0 Å². The van der Waals surface area contributed by atoms with E-state index in [4.69, 9.17) is 0 Å². The highest BCUT2D eigenvalue weighted by Gasteiger charge is 2.26. The van der Waals surface area contributed by atoms with Gasteiger partial charge in [-0.3, -0.25) is 14.4 Å². The number of pyridine rings is 1. The molecule has 3 rings (SSSR count). The lowest BCUT2D eigenvalue weighted by Crippen LogP contribution is -2.34. The maximum atomic E-state index is 13.8. The average Bonchev–Trinajstić information content (AvgIpc) is 2.89. The molecular weight excluding hydrogens is 408 g/mol. The number of carbonyl (C=O) groups excluding carboxylic acids is 2. The number of nitrogens with one attached hydrogen (secondary N) is 1.